The Morgan fingerprint density at radius 1 is 1.33 bits per heavy atom. The van der Waals surface area contributed by atoms with Crippen LogP contribution < -0.4 is 10.6 Å². The molecule has 3 nitrogen and oxygen atoms in total. The van der Waals surface area contributed by atoms with Gasteiger partial charge in [0.1, 0.15) is 5.82 Å². The second-order valence-electron chi connectivity index (χ2n) is 5.85. The minimum Gasteiger partial charge on any atom is -0.384 e. The van der Waals surface area contributed by atoms with Crippen LogP contribution >= 0.6 is 0 Å². The highest BCUT2D eigenvalue weighted by Crippen LogP contribution is 2.61. The van der Waals surface area contributed by atoms with E-state index in [1.54, 1.807) is 0 Å². The molecule has 0 unspecified atom stereocenters. The summed E-state index contributed by atoms with van der Waals surface area (Å²) in [7, 11) is 0. The normalized spacial score (nSPS) is 20.5. The average Bonchev–Trinajstić information content (AvgIpc) is 3.27. The summed E-state index contributed by atoms with van der Waals surface area (Å²) in [6.07, 6.45) is 8.79. The van der Waals surface area contributed by atoms with Gasteiger partial charge in [-0.2, -0.15) is 0 Å². The summed E-state index contributed by atoms with van der Waals surface area (Å²) in [5.41, 5.74) is 1.86. The standard InChI is InChI=1S/C15H23N3/c1-2-8-16-14-10-13(5-9-17-14)18-11-15(6-7-15)12-3-4-12/h5,9-10,12H,2-4,6-8,11H2,1H3,(H2,16,17,18). The quantitative estimate of drug-likeness (QED) is 0.772. The van der Waals surface area contributed by atoms with Crippen molar-refractivity contribution in [1.82, 2.24) is 4.98 Å². The van der Waals surface area contributed by atoms with Crippen LogP contribution in [0.3, 0.4) is 0 Å². The number of rotatable bonds is 7. The van der Waals surface area contributed by atoms with Gasteiger partial charge in [-0.05, 0) is 49.5 Å². The van der Waals surface area contributed by atoms with E-state index in [2.05, 4.69) is 34.7 Å². The van der Waals surface area contributed by atoms with Gasteiger partial charge in [-0.25, -0.2) is 4.98 Å². The third-order valence-corrected chi connectivity index (χ3v) is 4.30. The van der Waals surface area contributed by atoms with Crippen LogP contribution in [0, 0.1) is 11.3 Å². The van der Waals surface area contributed by atoms with Gasteiger partial charge in [-0.15, -0.1) is 0 Å². The Bertz CT molecular complexity index is 408. The molecule has 0 atom stereocenters. The highest BCUT2D eigenvalue weighted by atomic mass is 15.0. The van der Waals surface area contributed by atoms with E-state index in [0.29, 0.717) is 5.41 Å². The van der Waals surface area contributed by atoms with Gasteiger partial charge in [-0.3, -0.25) is 0 Å². The molecule has 0 bridgehead atoms. The molecule has 2 N–H and O–H groups in total. The lowest BCUT2D eigenvalue weighted by molar-refractivity contribution is 0.467. The van der Waals surface area contributed by atoms with Gasteiger partial charge in [0.05, 0.1) is 0 Å². The molecule has 2 fully saturated rings. The second kappa shape index (κ2) is 4.79. The second-order valence-corrected chi connectivity index (χ2v) is 5.85. The zero-order chi connectivity index (χ0) is 12.4. The van der Waals surface area contributed by atoms with E-state index in [1.165, 1.54) is 31.4 Å². The van der Waals surface area contributed by atoms with E-state index in [-0.39, 0.29) is 0 Å². The summed E-state index contributed by atoms with van der Waals surface area (Å²) in [5.74, 6) is 2.00. The Kier molecular flexibility index (Phi) is 3.14. The van der Waals surface area contributed by atoms with E-state index in [0.717, 1.165) is 31.2 Å². The summed E-state index contributed by atoms with van der Waals surface area (Å²) < 4.78 is 0. The molecule has 0 aliphatic heterocycles. The Hall–Kier alpha value is -1.25. The van der Waals surface area contributed by atoms with E-state index < -0.39 is 0 Å². The lowest BCUT2D eigenvalue weighted by Gasteiger charge is -2.16. The van der Waals surface area contributed by atoms with Crippen LogP contribution in [0.15, 0.2) is 18.3 Å². The SMILES string of the molecule is CCCNc1cc(NCC2(C3CC3)CC2)ccn1. The molecule has 1 aromatic rings. The highest BCUT2D eigenvalue weighted by molar-refractivity contribution is 5.52. The molecule has 1 heterocycles. The van der Waals surface area contributed by atoms with Crippen molar-refractivity contribution in [3.05, 3.63) is 18.3 Å². The van der Waals surface area contributed by atoms with Crippen LogP contribution in [0.25, 0.3) is 0 Å². The van der Waals surface area contributed by atoms with Crippen molar-refractivity contribution in [2.45, 2.75) is 39.0 Å². The molecule has 2 saturated carbocycles. The molecular formula is C15H23N3. The van der Waals surface area contributed by atoms with Gasteiger partial charge >= 0.3 is 0 Å². The maximum Gasteiger partial charge on any atom is 0.127 e. The van der Waals surface area contributed by atoms with Gasteiger partial charge in [0.2, 0.25) is 0 Å². The molecule has 98 valence electrons. The molecule has 2 aliphatic carbocycles. The Morgan fingerprint density at radius 3 is 2.83 bits per heavy atom. The van der Waals surface area contributed by atoms with Crippen LogP contribution in [0.2, 0.25) is 0 Å². The summed E-state index contributed by atoms with van der Waals surface area (Å²) in [5, 5.41) is 6.94. The number of aromatic nitrogens is 1. The molecule has 0 amide bonds. The number of nitrogens with zero attached hydrogens (tertiary/aromatic N) is 1. The molecule has 0 saturated heterocycles. The number of pyridine rings is 1. The van der Waals surface area contributed by atoms with Crippen LogP contribution in [0.4, 0.5) is 11.5 Å². The third kappa shape index (κ3) is 2.60. The molecule has 18 heavy (non-hydrogen) atoms. The Labute approximate surface area is 109 Å². The number of hydrogen-bond donors (Lipinski definition) is 2. The molecular weight excluding hydrogens is 222 g/mol. The van der Waals surface area contributed by atoms with Crippen molar-refractivity contribution in [3.63, 3.8) is 0 Å². The van der Waals surface area contributed by atoms with Crippen LogP contribution in [0.5, 0.6) is 0 Å². The highest BCUT2D eigenvalue weighted by Gasteiger charge is 2.53. The molecule has 0 spiro atoms. The number of anilines is 2. The third-order valence-electron chi connectivity index (χ3n) is 4.30. The van der Waals surface area contributed by atoms with E-state index in [4.69, 9.17) is 0 Å². The van der Waals surface area contributed by atoms with Crippen molar-refractivity contribution >= 4 is 11.5 Å². The van der Waals surface area contributed by atoms with Crippen molar-refractivity contribution in [2.24, 2.45) is 11.3 Å². The fourth-order valence-electron chi connectivity index (χ4n) is 2.75. The summed E-state index contributed by atoms with van der Waals surface area (Å²) in [4.78, 5) is 4.33. The predicted molar refractivity (Wildman–Crippen MR) is 75.9 cm³/mol. The number of nitrogens with one attached hydrogen (secondary N) is 2. The Morgan fingerprint density at radius 2 is 2.17 bits per heavy atom. The van der Waals surface area contributed by atoms with Crippen molar-refractivity contribution in [1.29, 1.82) is 0 Å². The van der Waals surface area contributed by atoms with Gasteiger partial charge < -0.3 is 10.6 Å². The smallest absolute Gasteiger partial charge is 0.127 e. The molecule has 3 heteroatoms. The van der Waals surface area contributed by atoms with Crippen LogP contribution in [-0.4, -0.2) is 18.1 Å². The van der Waals surface area contributed by atoms with Crippen molar-refractivity contribution in [2.75, 3.05) is 23.7 Å². The molecule has 3 rings (SSSR count). The fourth-order valence-corrected chi connectivity index (χ4v) is 2.75. The zero-order valence-corrected chi connectivity index (χ0v) is 11.2. The van der Waals surface area contributed by atoms with Gasteiger partial charge in [0.25, 0.3) is 0 Å². The monoisotopic (exact) mass is 245 g/mol. The maximum atomic E-state index is 4.33. The minimum absolute atomic E-state index is 0.653. The first-order valence-electron chi connectivity index (χ1n) is 7.26. The van der Waals surface area contributed by atoms with Gasteiger partial charge in [0, 0.05) is 31.0 Å². The van der Waals surface area contributed by atoms with Gasteiger partial charge in [-0.1, -0.05) is 6.92 Å². The van der Waals surface area contributed by atoms with Gasteiger partial charge in [0.15, 0.2) is 0 Å². The summed E-state index contributed by atoms with van der Waals surface area (Å²) in [6.45, 7) is 4.30. The minimum atomic E-state index is 0.653. The lowest BCUT2D eigenvalue weighted by atomic mass is 10.0. The first-order valence-corrected chi connectivity index (χ1v) is 7.26. The molecule has 0 aromatic carbocycles. The number of hydrogen-bond acceptors (Lipinski definition) is 3. The lowest BCUT2D eigenvalue weighted by Crippen LogP contribution is -2.17. The van der Waals surface area contributed by atoms with Crippen molar-refractivity contribution in [3.8, 4) is 0 Å². The predicted octanol–water partition coefficient (Wildman–Crippen LogP) is 3.51. The molecule has 2 aliphatic rings. The first kappa shape index (κ1) is 11.8. The largest absolute Gasteiger partial charge is 0.384 e. The molecule has 0 radical (unpaired) electrons. The fraction of sp³-hybridized carbons (Fsp3) is 0.667. The van der Waals surface area contributed by atoms with E-state index in [9.17, 15) is 0 Å². The van der Waals surface area contributed by atoms with E-state index >= 15 is 0 Å². The van der Waals surface area contributed by atoms with Crippen LogP contribution in [-0.2, 0) is 0 Å². The first-order chi connectivity index (χ1) is 8.82. The van der Waals surface area contributed by atoms with E-state index in [1.807, 2.05) is 6.20 Å². The maximum absolute atomic E-state index is 4.33. The summed E-state index contributed by atoms with van der Waals surface area (Å²) in [6, 6.07) is 4.19. The van der Waals surface area contributed by atoms with Crippen molar-refractivity contribution < 1.29 is 0 Å². The van der Waals surface area contributed by atoms with Crippen LogP contribution in [0.1, 0.15) is 39.0 Å². The summed E-state index contributed by atoms with van der Waals surface area (Å²) >= 11 is 0. The topological polar surface area (TPSA) is 37.0 Å². The molecule has 1 aromatic heterocycles. The Balaban J connectivity index is 1.55. The average molecular weight is 245 g/mol. The zero-order valence-electron chi connectivity index (χ0n) is 11.2.